The number of carbonyl (C=O) groups is 2. The van der Waals surface area contributed by atoms with E-state index >= 15 is 0 Å². The number of alkyl halides is 3. The maximum absolute atomic E-state index is 13.0. The summed E-state index contributed by atoms with van der Waals surface area (Å²) in [5, 5.41) is 11.5. The van der Waals surface area contributed by atoms with Crippen LogP contribution < -0.4 is 5.32 Å². The highest BCUT2D eigenvalue weighted by Crippen LogP contribution is 2.43. The molecule has 1 aromatic carbocycles. The van der Waals surface area contributed by atoms with Crippen LogP contribution in [-0.4, -0.2) is 23.0 Å². The third-order valence-electron chi connectivity index (χ3n) is 4.80. The van der Waals surface area contributed by atoms with Gasteiger partial charge in [-0.1, -0.05) is 31.0 Å². The smallest absolute Gasteiger partial charge is 0.416 e. The first-order valence-electron chi connectivity index (χ1n) is 8.36. The van der Waals surface area contributed by atoms with Gasteiger partial charge in [-0.15, -0.1) is 0 Å². The van der Waals surface area contributed by atoms with Crippen molar-refractivity contribution in [3.63, 3.8) is 0 Å². The normalized spacial score (nSPS) is 17.9. The van der Waals surface area contributed by atoms with E-state index in [1.807, 2.05) is 0 Å². The van der Waals surface area contributed by atoms with Crippen LogP contribution in [-0.2, 0) is 21.2 Å². The summed E-state index contributed by atoms with van der Waals surface area (Å²) in [4.78, 5) is 23.5. The molecule has 1 unspecified atom stereocenters. The van der Waals surface area contributed by atoms with Gasteiger partial charge in [0.25, 0.3) is 0 Å². The lowest BCUT2D eigenvalue weighted by Crippen LogP contribution is -2.46. The fraction of sp³-hybridized carbons (Fsp3) is 0.556. The third kappa shape index (κ3) is 4.52. The molecule has 0 saturated heterocycles. The van der Waals surface area contributed by atoms with E-state index in [-0.39, 0.29) is 24.8 Å². The Hall–Kier alpha value is -2.05. The van der Waals surface area contributed by atoms with Crippen molar-refractivity contribution in [2.45, 2.75) is 63.1 Å². The molecular formula is C18H22F3NO3. The maximum atomic E-state index is 13.0. The van der Waals surface area contributed by atoms with Gasteiger partial charge in [0.05, 0.1) is 11.0 Å². The highest BCUT2D eigenvalue weighted by atomic mass is 19.4. The van der Waals surface area contributed by atoms with Gasteiger partial charge in [0.15, 0.2) is 0 Å². The summed E-state index contributed by atoms with van der Waals surface area (Å²) in [5.41, 5.74) is -1.36. The molecule has 1 fully saturated rings. The molecule has 0 aliphatic heterocycles. The van der Waals surface area contributed by atoms with E-state index in [0.717, 1.165) is 25.0 Å². The van der Waals surface area contributed by atoms with Crippen LogP contribution in [0.25, 0.3) is 0 Å². The van der Waals surface area contributed by atoms with Gasteiger partial charge in [-0.05, 0) is 37.8 Å². The number of aliphatic carboxylic acids is 1. The van der Waals surface area contributed by atoms with Crippen molar-refractivity contribution in [2.24, 2.45) is 0 Å². The summed E-state index contributed by atoms with van der Waals surface area (Å²) in [6.45, 7) is 1.70. The predicted octanol–water partition coefficient (Wildman–Crippen LogP) is 3.89. The molecule has 4 nitrogen and oxygen atoms in total. The second-order valence-electron chi connectivity index (χ2n) is 6.67. The summed E-state index contributed by atoms with van der Waals surface area (Å²) >= 11 is 0. The van der Waals surface area contributed by atoms with Gasteiger partial charge in [-0.2, -0.15) is 13.2 Å². The van der Waals surface area contributed by atoms with Crippen LogP contribution in [0.5, 0.6) is 0 Å². The molecule has 0 bridgehead atoms. The minimum Gasteiger partial charge on any atom is -0.481 e. The zero-order valence-corrected chi connectivity index (χ0v) is 14.0. The Labute approximate surface area is 144 Å². The second kappa shape index (κ2) is 7.45. The number of nitrogens with one attached hydrogen (secondary N) is 1. The molecule has 138 valence electrons. The van der Waals surface area contributed by atoms with Gasteiger partial charge in [-0.25, -0.2) is 0 Å². The van der Waals surface area contributed by atoms with Gasteiger partial charge < -0.3 is 10.4 Å². The number of amides is 1. The van der Waals surface area contributed by atoms with Gasteiger partial charge in [-0.3, -0.25) is 9.59 Å². The maximum Gasteiger partial charge on any atom is 0.416 e. The number of carbonyl (C=O) groups excluding carboxylic acids is 1. The van der Waals surface area contributed by atoms with E-state index in [0.29, 0.717) is 18.4 Å². The van der Waals surface area contributed by atoms with Crippen LogP contribution in [0.15, 0.2) is 24.3 Å². The lowest BCUT2D eigenvalue weighted by molar-refractivity contribution is -0.138. The van der Waals surface area contributed by atoms with E-state index in [1.54, 1.807) is 13.0 Å². The van der Waals surface area contributed by atoms with Crippen molar-refractivity contribution < 1.29 is 27.9 Å². The van der Waals surface area contributed by atoms with Crippen molar-refractivity contribution in [3.05, 3.63) is 35.4 Å². The number of benzene rings is 1. The zero-order valence-electron chi connectivity index (χ0n) is 14.0. The average molecular weight is 357 g/mol. The molecular weight excluding hydrogens is 335 g/mol. The third-order valence-corrected chi connectivity index (χ3v) is 4.80. The minimum atomic E-state index is -4.46. The molecule has 0 spiro atoms. The Kier molecular flexibility index (Phi) is 5.75. The van der Waals surface area contributed by atoms with E-state index in [2.05, 4.69) is 5.32 Å². The van der Waals surface area contributed by atoms with Gasteiger partial charge in [0, 0.05) is 12.5 Å². The van der Waals surface area contributed by atoms with E-state index in [9.17, 15) is 22.8 Å². The molecule has 1 aromatic rings. The number of carboxylic acids is 1. The molecule has 2 N–H and O–H groups in total. The summed E-state index contributed by atoms with van der Waals surface area (Å²) < 4.78 is 39.0. The Bertz CT molecular complexity index is 637. The molecule has 1 aliphatic rings. The van der Waals surface area contributed by atoms with Gasteiger partial charge >= 0.3 is 12.1 Å². The first-order chi connectivity index (χ1) is 11.6. The highest BCUT2D eigenvalue weighted by molar-refractivity contribution is 5.89. The van der Waals surface area contributed by atoms with Gasteiger partial charge in [0.2, 0.25) is 5.91 Å². The van der Waals surface area contributed by atoms with Crippen LogP contribution in [0, 0.1) is 0 Å². The monoisotopic (exact) mass is 357 g/mol. The largest absolute Gasteiger partial charge is 0.481 e. The Balaban J connectivity index is 2.24. The summed E-state index contributed by atoms with van der Waals surface area (Å²) in [7, 11) is 0. The van der Waals surface area contributed by atoms with E-state index in [4.69, 9.17) is 5.11 Å². The highest BCUT2D eigenvalue weighted by Gasteiger charge is 2.44. The van der Waals surface area contributed by atoms with Crippen LogP contribution in [0.1, 0.15) is 56.6 Å². The lowest BCUT2D eigenvalue weighted by atomic mass is 9.77. The fourth-order valence-electron chi connectivity index (χ4n) is 3.39. The summed E-state index contributed by atoms with van der Waals surface area (Å²) in [6.07, 6.45) is -1.73. The van der Waals surface area contributed by atoms with Crippen molar-refractivity contribution in [1.29, 1.82) is 0 Å². The van der Waals surface area contributed by atoms with Crippen LogP contribution in [0.2, 0.25) is 0 Å². The number of carboxylic acid groups (broad SMARTS) is 1. The minimum absolute atomic E-state index is 0.0714. The molecule has 1 saturated carbocycles. The molecule has 0 radical (unpaired) electrons. The Morgan fingerprint density at radius 1 is 1.28 bits per heavy atom. The van der Waals surface area contributed by atoms with E-state index in [1.165, 1.54) is 6.07 Å². The zero-order chi connectivity index (χ0) is 18.7. The van der Waals surface area contributed by atoms with Crippen LogP contribution in [0.3, 0.4) is 0 Å². The SMILES string of the molecule is CC(CCC(=O)O)NC(=O)C1(c2cccc(C(F)(F)F)c2)CCCC1. The predicted molar refractivity (Wildman–Crippen MR) is 86.1 cm³/mol. The first-order valence-corrected chi connectivity index (χ1v) is 8.36. The lowest BCUT2D eigenvalue weighted by Gasteiger charge is -2.30. The molecule has 1 atom stereocenters. The summed E-state index contributed by atoms with van der Waals surface area (Å²) in [5.74, 6) is -1.27. The van der Waals surface area contributed by atoms with Gasteiger partial charge in [0.1, 0.15) is 0 Å². The average Bonchev–Trinajstić information content (AvgIpc) is 3.03. The molecule has 2 rings (SSSR count). The molecule has 25 heavy (non-hydrogen) atoms. The van der Waals surface area contributed by atoms with Crippen molar-refractivity contribution >= 4 is 11.9 Å². The quantitative estimate of drug-likeness (QED) is 0.812. The standard InChI is InChI=1S/C18H22F3NO3/c1-12(7-8-15(23)24)22-16(25)17(9-2-3-10-17)13-5-4-6-14(11-13)18(19,20)21/h4-6,11-12H,2-3,7-10H2,1H3,(H,22,25)(H,23,24). The molecule has 7 heteroatoms. The van der Waals surface area contributed by atoms with Crippen molar-refractivity contribution in [3.8, 4) is 0 Å². The molecule has 0 aromatic heterocycles. The molecule has 0 heterocycles. The fourth-order valence-corrected chi connectivity index (χ4v) is 3.39. The first kappa shape index (κ1) is 19.3. The topological polar surface area (TPSA) is 66.4 Å². The summed E-state index contributed by atoms with van der Waals surface area (Å²) in [6, 6.07) is 4.61. The second-order valence-corrected chi connectivity index (χ2v) is 6.67. The number of hydrogen-bond acceptors (Lipinski definition) is 2. The number of rotatable bonds is 6. The number of hydrogen-bond donors (Lipinski definition) is 2. The Morgan fingerprint density at radius 2 is 1.92 bits per heavy atom. The van der Waals surface area contributed by atoms with Crippen molar-refractivity contribution in [2.75, 3.05) is 0 Å². The van der Waals surface area contributed by atoms with E-state index < -0.39 is 23.1 Å². The van der Waals surface area contributed by atoms with Crippen LogP contribution in [0.4, 0.5) is 13.2 Å². The molecule has 1 aliphatic carbocycles. The van der Waals surface area contributed by atoms with Crippen molar-refractivity contribution in [1.82, 2.24) is 5.32 Å². The number of halogens is 3. The van der Waals surface area contributed by atoms with Crippen LogP contribution >= 0.6 is 0 Å². The molecule has 1 amide bonds. The Morgan fingerprint density at radius 3 is 2.48 bits per heavy atom.